The number of carbonyl (C=O) groups excluding carboxylic acids is 2. The largest absolute Gasteiger partial charge is 0.472 e. The van der Waals surface area contributed by atoms with E-state index in [1.165, 1.54) is 4.90 Å². The molecule has 0 aliphatic carbocycles. The van der Waals surface area contributed by atoms with E-state index in [2.05, 4.69) is 15.3 Å². The molecule has 0 spiro atoms. The van der Waals surface area contributed by atoms with Gasteiger partial charge in [0.25, 0.3) is 0 Å². The van der Waals surface area contributed by atoms with Crippen LogP contribution < -0.4 is 4.74 Å². The molecule has 2 aromatic heterocycles. The van der Waals surface area contributed by atoms with E-state index in [0.717, 1.165) is 44.4 Å². The zero-order chi connectivity index (χ0) is 37.4. The van der Waals surface area contributed by atoms with Crippen molar-refractivity contribution < 1.29 is 28.2 Å². The third-order valence-corrected chi connectivity index (χ3v) is 12.5. The Kier molecular flexibility index (Phi) is 10.3. The second-order valence-corrected chi connectivity index (χ2v) is 15.9. The summed E-state index contributed by atoms with van der Waals surface area (Å²) in [5, 5.41) is 8.87. The molecule has 7 rings (SSSR count). The molecule has 2 amide bonds. The standard InChI is InChI=1S/C40H46N6O6S/c1-6-32-23-44(53(49,50)35-14-11-19-41-38(35)52-32)22-30-21-29(16-15-25(30)3)36(33-17-18-34-37(26(33)4)42-43-45(34)7-2)27(5)39(47)46-31(24-51-40(46)48)20-28-12-9-8-10-13-28/h8-19,21,27,31-32,36,49-50H,6-7,20,22-24H2,1-5H3/t27-,31-,32-,36+/m1/s1. The van der Waals surface area contributed by atoms with Crippen molar-refractivity contribution in [3.63, 3.8) is 0 Å². The van der Waals surface area contributed by atoms with Crippen molar-refractivity contribution in [3.8, 4) is 5.88 Å². The Morgan fingerprint density at radius 2 is 1.83 bits per heavy atom. The molecule has 4 atom stereocenters. The molecular formula is C40H46N6O6S. The fourth-order valence-electron chi connectivity index (χ4n) is 7.57. The second kappa shape index (κ2) is 14.9. The molecule has 3 aromatic carbocycles. The number of fused-ring (bicyclic) bond motifs is 2. The maximum atomic E-state index is 14.7. The van der Waals surface area contributed by atoms with Crippen molar-refractivity contribution in [2.75, 3.05) is 13.2 Å². The highest BCUT2D eigenvalue weighted by atomic mass is 32.3. The predicted octanol–water partition coefficient (Wildman–Crippen LogP) is 7.52. The monoisotopic (exact) mass is 738 g/mol. The van der Waals surface area contributed by atoms with Crippen LogP contribution in [0.5, 0.6) is 5.88 Å². The summed E-state index contributed by atoms with van der Waals surface area (Å²) >= 11 is 0. The van der Waals surface area contributed by atoms with Gasteiger partial charge in [-0.25, -0.2) is 19.4 Å². The Labute approximate surface area is 311 Å². The molecular weight excluding hydrogens is 693 g/mol. The van der Waals surface area contributed by atoms with Crippen molar-refractivity contribution in [2.24, 2.45) is 5.92 Å². The zero-order valence-electron chi connectivity index (χ0n) is 30.7. The van der Waals surface area contributed by atoms with Gasteiger partial charge in [0, 0.05) is 31.1 Å². The van der Waals surface area contributed by atoms with Crippen molar-refractivity contribution in [1.29, 1.82) is 0 Å². The van der Waals surface area contributed by atoms with Gasteiger partial charge >= 0.3 is 6.09 Å². The Morgan fingerprint density at radius 1 is 1.04 bits per heavy atom. The molecule has 278 valence electrons. The number of ether oxygens (including phenoxy) is 2. The molecule has 53 heavy (non-hydrogen) atoms. The number of rotatable bonds is 10. The minimum absolute atomic E-state index is 0.125. The Morgan fingerprint density at radius 3 is 2.58 bits per heavy atom. The minimum atomic E-state index is -3.46. The minimum Gasteiger partial charge on any atom is -0.472 e. The highest BCUT2D eigenvalue weighted by molar-refractivity contribution is 8.22. The number of hydrogen-bond donors (Lipinski definition) is 2. The molecule has 4 heterocycles. The van der Waals surface area contributed by atoms with Crippen LogP contribution in [0.3, 0.4) is 0 Å². The number of carbonyl (C=O) groups is 2. The maximum Gasteiger partial charge on any atom is 0.416 e. The van der Waals surface area contributed by atoms with Gasteiger partial charge in [-0.1, -0.05) is 73.7 Å². The molecule has 0 saturated carbocycles. The third kappa shape index (κ3) is 6.90. The third-order valence-electron chi connectivity index (χ3n) is 10.6. The summed E-state index contributed by atoms with van der Waals surface area (Å²) in [5.41, 5.74) is 7.11. The number of aryl methyl sites for hydroxylation is 3. The quantitative estimate of drug-likeness (QED) is 0.148. The molecule has 2 N–H and O–H groups in total. The topological polar surface area (TPSA) is 143 Å². The van der Waals surface area contributed by atoms with E-state index >= 15 is 0 Å². The lowest BCUT2D eigenvalue weighted by Crippen LogP contribution is -2.44. The van der Waals surface area contributed by atoms with Crippen LogP contribution in [0.15, 0.2) is 83.9 Å². The zero-order valence-corrected chi connectivity index (χ0v) is 31.5. The van der Waals surface area contributed by atoms with Crippen LogP contribution >= 0.6 is 10.8 Å². The van der Waals surface area contributed by atoms with Gasteiger partial charge < -0.3 is 9.47 Å². The van der Waals surface area contributed by atoms with Crippen LogP contribution in [0.2, 0.25) is 0 Å². The molecule has 5 aromatic rings. The first-order valence-corrected chi connectivity index (χ1v) is 19.6. The van der Waals surface area contributed by atoms with Crippen LogP contribution in [-0.2, 0) is 29.0 Å². The Bertz CT molecular complexity index is 2140. The number of cyclic esters (lactones) is 1. The lowest BCUT2D eigenvalue weighted by atomic mass is 9.78. The molecule has 2 aliphatic rings. The number of benzene rings is 3. The summed E-state index contributed by atoms with van der Waals surface area (Å²) in [6.07, 6.45) is 1.77. The predicted molar refractivity (Wildman–Crippen MR) is 203 cm³/mol. The van der Waals surface area contributed by atoms with E-state index in [4.69, 9.17) is 9.47 Å². The van der Waals surface area contributed by atoms with Gasteiger partial charge in [0.15, 0.2) is 0 Å². The summed E-state index contributed by atoms with van der Waals surface area (Å²) < 4.78 is 38.6. The first-order chi connectivity index (χ1) is 25.5. The van der Waals surface area contributed by atoms with Gasteiger partial charge in [0.1, 0.15) is 23.1 Å². The van der Waals surface area contributed by atoms with Gasteiger partial charge in [0.2, 0.25) is 11.8 Å². The van der Waals surface area contributed by atoms with E-state index < -0.39 is 34.7 Å². The van der Waals surface area contributed by atoms with Crippen LogP contribution in [0, 0.1) is 19.8 Å². The number of pyridine rings is 1. The van der Waals surface area contributed by atoms with Crippen LogP contribution in [0.1, 0.15) is 66.5 Å². The van der Waals surface area contributed by atoms with Gasteiger partial charge in [-0.05, 0) is 85.2 Å². The first kappa shape index (κ1) is 36.5. The molecule has 1 fully saturated rings. The lowest BCUT2D eigenvalue weighted by Gasteiger charge is -2.41. The van der Waals surface area contributed by atoms with E-state index in [1.54, 1.807) is 22.6 Å². The highest BCUT2D eigenvalue weighted by Gasteiger charge is 2.43. The number of imide groups is 1. The van der Waals surface area contributed by atoms with E-state index in [-0.39, 0.29) is 42.5 Å². The molecule has 12 nitrogen and oxygen atoms in total. The van der Waals surface area contributed by atoms with Gasteiger partial charge in [0.05, 0.1) is 18.1 Å². The number of nitrogens with zero attached hydrogens (tertiary/aromatic N) is 6. The highest BCUT2D eigenvalue weighted by Crippen LogP contribution is 2.57. The first-order valence-electron chi connectivity index (χ1n) is 18.1. The van der Waals surface area contributed by atoms with Gasteiger partial charge in [-0.15, -0.1) is 15.9 Å². The average molecular weight is 739 g/mol. The molecule has 13 heteroatoms. The van der Waals surface area contributed by atoms with Crippen LogP contribution in [0.25, 0.3) is 11.0 Å². The average Bonchev–Trinajstić information content (AvgIpc) is 3.73. The second-order valence-electron chi connectivity index (χ2n) is 13.9. The molecule has 0 unspecified atom stereocenters. The SMILES string of the molecule is CC[C@@H]1CN(Cc2cc([C@@H](c3ccc4c(nnn4CC)c3C)[C@@H](C)C(=O)N3C(=O)OC[C@H]3Cc3ccccc3)ccc2C)S(O)(O)c2cccnc2O1. The van der Waals surface area contributed by atoms with Crippen molar-refractivity contribution in [2.45, 2.75) is 83.5 Å². The summed E-state index contributed by atoms with van der Waals surface area (Å²) in [6, 6.07) is 22.8. The van der Waals surface area contributed by atoms with E-state index in [1.807, 2.05) is 100.0 Å². The smallest absolute Gasteiger partial charge is 0.416 e. The van der Waals surface area contributed by atoms with Crippen molar-refractivity contribution in [3.05, 3.63) is 112 Å². The number of aromatic nitrogens is 4. The van der Waals surface area contributed by atoms with Crippen LogP contribution in [-0.4, -0.2) is 75.6 Å². The fourth-order valence-corrected chi connectivity index (χ4v) is 9.14. The normalized spacial score (nSPS) is 20.3. The summed E-state index contributed by atoms with van der Waals surface area (Å²) in [5.74, 6) is -1.28. The summed E-state index contributed by atoms with van der Waals surface area (Å²) in [7, 11) is -3.46. The number of amides is 2. The van der Waals surface area contributed by atoms with Crippen molar-refractivity contribution >= 4 is 33.8 Å². The Balaban J connectivity index is 1.29. The summed E-state index contributed by atoms with van der Waals surface area (Å²) in [6.45, 7) is 11.1. The molecule has 0 bridgehead atoms. The van der Waals surface area contributed by atoms with Crippen LogP contribution in [0.4, 0.5) is 4.79 Å². The maximum absolute atomic E-state index is 14.7. The van der Waals surface area contributed by atoms with Gasteiger partial charge in [-0.3, -0.25) is 13.9 Å². The van der Waals surface area contributed by atoms with Crippen molar-refractivity contribution in [1.82, 2.24) is 29.2 Å². The Hall–Kier alpha value is -4.82. The van der Waals surface area contributed by atoms with E-state index in [9.17, 15) is 18.7 Å². The molecule has 0 radical (unpaired) electrons. The molecule has 1 saturated heterocycles. The molecule has 2 aliphatic heterocycles. The lowest BCUT2D eigenvalue weighted by molar-refractivity contribution is -0.133. The van der Waals surface area contributed by atoms with E-state index in [0.29, 0.717) is 19.4 Å². The van der Waals surface area contributed by atoms with Gasteiger partial charge in [-0.2, -0.15) is 4.31 Å². The number of hydrogen-bond acceptors (Lipinski definition) is 10. The fraction of sp³-hybridized carbons (Fsp3) is 0.375. The summed E-state index contributed by atoms with van der Waals surface area (Å²) in [4.78, 5) is 33.8.